The average Bonchev–Trinajstić information content (AvgIpc) is 3.47. The third-order valence-electron chi connectivity index (χ3n) is 5.44. The lowest BCUT2D eigenvalue weighted by Crippen LogP contribution is -2.46. The van der Waals surface area contributed by atoms with Crippen molar-refractivity contribution in [2.75, 3.05) is 46.4 Å². The van der Waals surface area contributed by atoms with E-state index < -0.39 is 0 Å². The third kappa shape index (κ3) is 6.41. The molecule has 0 amide bonds. The highest BCUT2D eigenvalue weighted by Crippen LogP contribution is 2.25. The van der Waals surface area contributed by atoms with Gasteiger partial charge in [0, 0.05) is 44.6 Å². The highest BCUT2D eigenvalue weighted by molar-refractivity contribution is 14.0. The molecule has 1 unspecified atom stereocenters. The van der Waals surface area contributed by atoms with Gasteiger partial charge in [-0.2, -0.15) is 0 Å². The summed E-state index contributed by atoms with van der Waals surface area (Å²) in [5, 5.41) is 9.12. The lowest BCUT2D eigenvalue weighted by Gasteiger charge is -2.34. The second-order valence-corrected chi connectivity index (χ2v) is 8.32. The number of aliphatic imine (C=N–C) groups is 1. The topological polar surface area (TPSA) is 66.7 Å². The van der Waals surface area contributed by atoms with Gasteiger partial charge in [0.15, 0.2) is 5.96 Å². The van der Waals surface area contributed by atoms with Crippen molar-refractivity contribution in [3.63, 3.8) is 0 Å². The predicted molar refractivity (Wildman–Crippen MR) is 139 cm³/mol. The Labute approximate surface area is 204 Å². The Hall–Kier alpha value is -1.69. The minimum absolute atomic E-state index is 0. The normalized spacial score (nSPS) is 16.1. The van der Waals surface area contributed by atoms with Crippen molar-refractivity contribution in [2.24, 2.45) is 4.99 Å². The fourth-order valence-corrected chi connectivity index (χ4v) is 4.70. The van der Waals surface area contributed by atoms with Crippen LogP contribution in [0.2, 0.25) is 0 Å². The first-order chi connectivity index (χ1) is 14.8. The summed E-state index contributed by atoms with van der Waals surface area (Å²) >= 11 is 1.81. The van der Waals surface area contributed by atoms with Crippen LogP contribution in [0.5, 0.6) is 0 Å². The molecule has 1 fully saturated rings. The summed E-state index contributed by atoms with van der Waals surface area (Å²) in [6.45, 7) is 6.15. The van der Waals surface area contributed by atoms with Gasteiger partial charge in [-0.3, -0.25) is 9.89 Å². The third-order valence-corrected chi connectivity index (χ3v) is 6.41. The Kier molecular flexibility index (Phi) is 9.56. The van der Waals surface area contributed by atoms with Gasteiger partial charge >= 0.3 is 0 Å². The molecule has 0 aliphatic carbocycles. The van der Waals surface area contributed by atoms with E-state index in [4.69, 9.17) is 4.74 Å². The Bertz CT molecular complexity index is 939. The van der Waals surface area contributed by atoms with Crippen LogP contribution in [0.3, 0.4) is 0 Å². The maximum absolute atomic E-state index is 5.54. The molecular weight excluding hydrogens is 523 g/mol. The number of para-hydroxylation sites is 2. The standard InChI is InChI=1S/C22H30N6OS.HI/c1-23-22(24-9-5-10-28-17-26-18-6-2-3-7-19(18)28)25-16-20(21-8-4-15-30-21)27-11-13-29-14-12-27;/h2-4,6-8,15,17,20H,5,9-14,16H2,1H3,(H2,23,24,25);1H. The number of imidazole rings is 1. The van der Waals surface area contributed by atoms with Crippen LogP contribution >= 0.6 is 35.3 Å². The lowest BCUT2D eigenvalue weighted by molar-refractivity contribution is 0.0177. The molecule has 1 aliphatic heterocycles. The Morgan fingerprint density at radius 3 is 2.81 bits per heavy atom. The van der Waals surface area contributed by atoms with E-state index in [1.165, 1.54) is 10.4 Å². The fourth-order valence-electron chi connectivity index (χ4n) is 3.84. The molecule has 2 N–H and O–H groups in total. The molecule has 1 aliphatic rings. The molecule has 1 aromatic carbocycles. The van der Waals surface area contributed by atoms with Crippen molar-refractivity contribution >= 4 is 52.3 Å². The number of aromatic nitrogens is 2. The van der Waals surface area contributed by atoms with E-state index in [2.05, 4.69) is 59.7 Å². The number of nitrogens with zero attached hydrogens (tertiary/aromatic N) is 4. The molecule has 0 radical (unpaired) electrons. The second kappa shape index (κ2) is 12.4. The predicted octanol–water partition coefficient (Wildman–Crippen LogP) is 3.34. The lowest BCUT2D eigenvalue weighted by atomic mass is 10.2. The van der Waals surface area contributed by atoms with Crippen LogP contribution in [0.15, 0.2) is 53.1 Å². The molecule has 0 spiro atoms. The van der Waals surface area contributed by atoms with E-state index in [0.29, 0.717) is 6.04 Å². The number of benzene rings is 1. The summed E-state index contributed by atoms with van der Waals surface area (Å²) in [6, 6.07) is 12.9. The molecule has 9 heteroatoms. The van der Waals surface area contributed by atoms with E-state index >= 15 is 0 Å². The van der Waals surface area contributed by atoms with Gasteiger partial charge in [-0.25, -0.2) is 4.98 Å². The zero-order chi connectivity index (χ0) is 20.6. The zero-order valence-corrected chi connectivity index (χ0v) is 21.0. The molecule has 2 aromatic heterocycles. The molecular formula is C22H31IN6OS. The fraction of sp³-hybridized carbons (Fsp3) is 0.455. The smallest absolute Gasteiger partial charge is 0.191 e. The monoisotopic (exact) mass is 554 g/mol. The summed E-state index contributed by atoms with van der Waals surface area (Å²) < 4.78 is 7.74. The quantitative estimate of drug-likeness (QED) is 0.194. The van der Waals surface area contributed by atoms with Crippen molar-refractivity contribution in [1.82, 2.24) is 25.1 Å². The molecule has 0 bridgehead atoms. The van der Waals surface area contributed by atoms with Crippen molar-refractivity contribution < 1.29 is 4.74 Å². The first-order valence-electron chi connectivity index (χ1n) is 10.5. The highest BCUT2D eigenvalue weighted by atomic mass is 127. The maximum atomic E-state index is 5.54. The second-order valence-electron chi connectivity index (χ2n) is 7.34. The van der Waals surface area contributed by atoms with Crippen LogP contribution in [-0.4, -0.2) is 66.9 Å². The van der Waals surface area contributed by atoms with Gasteiger partial charge in [-0.1, -0.05) is 18.2 Å². The number of guanidine groups is 1. The first kappa shape index (κ1) is 24.0. The van der Waals surface area contributed by atoms with E-state index in [0.717, 1.165) is 63.8 Å². The van der Waals surface area contributed by atoms with Crippen molar-refractivity contribution in [1.29, 1.82) is 0 Å². The number of hydrogen-bond donors (Lipinski definition) is 2. The molecule has 3 heterocycles. The molecule has 31 heavy (non-hydrogen) atoms. The van der Waals surface area contributed by atoms with Gasteiger partial charge < -0.3 is 19.9 Å². The first-order valence-corrected chi connectivity index (χ1v) is 11.4. The molecule has 168 valence electrons. The van der Waals surface area contributed by atoms with Crippen molar-refractivity contribution in [2.45, 2.75) is 19.0 Å². The molecule has 4 rings (SSSR count). The Morgan fingerprint density at radius 1 is 1.19 bits per heavy atom. The SMILES string of the molecule is CN=C(NCCCn1cnc2ccccc21)NCC(c1cccs1)N1CCOCC1.I. The van der Waals surface area contributed by atoms with Gasteiger partial charge in [-0.15, -0.1) is 35.3 Å². The van der Waals surface area contributed by atoms with Crippen LogP contribution in [-0.2, 0) is 11.3 Å². The number of nitrogens with one attached hydrogen (secondary N) is 2. The molecule has 1 atom stereocenters. The highest BCUT2D eigenvalue weighted by Gasteiger charge is 2.23. The van der Waals surface area contributed by atoms with Gasteiger partial charge in [0.2, 0.25) is 0 Å². The number of morpholine rings is 1. The summed E-state index contributed by atoms with van der Waals surface area (Å²) in [5.41, 5.74) is 2.23. The number of halogens is 1. The number of ether oxygens (including phenoxy) is 1. The van der Waals surface area contributed by atoms with Crippen LogP contribution in [0.4, 0.5) is 0 Å². The van der Waals surface area contributed by atoms with E-state index in [1.807, 2.05) is 36.8 Å². The van der Waals surface area contributed by atoms with Crippen molar-refractivity contribution in [3.05, 3.63) is 53.0 Å². The van der Waals surface area contributed by atoms with Crippen LogP contribution in [0, 0.1) is 0 Å². The average molecular weight is 555 g/mol. The largest absolute Gasteiger partial charge is 0.379 e. The number of hydrogen-bond acceptors (Lipinski definition) is 5. The van der Waals surface area contributed by atoms with Gasteiger partial charge in [0.1, 0.15) is 0 Å². The van der Waals surface area contributed by atoms with Crippen LogP contribution in [0.25, 0.3) is 11.0 Å². The number of aryl methyl sites for hydroxylation is 1. The molecule has 1 saturated heterocycles. The van der Waals surface area contributed by atoms with Gasteiger partial charge in [0.25, 0.3) is 0 Å². The van der Waals surface area contributed by atoms with E-state index in [9.17, 15) is 0 Å². The summed E-state index contributed by atoms with van der Waals surface area (Å²) in [7, 11) is 1.83. The molecule has 0 saturated carbocycles. The maximum Gasteiger partial charge on any atom is 0.191 e. The van der Waals surface area contributed by atoms with E-state index in [1.54, 1.807) is 0 Å². The van der Waals surface area contributed by atoms with Gasteiger partial charge in [-0.05, 0) is 30.0 Å². The van der Waals surface area contributed by atoms with Gasteiger partial charge in [0.05, 0.1) is 36.6 Å². The number of rotatable bonds is 8. The summed E-state index contributed by atoms with van der Waals surface area (Å²) in [4.78, 5) is 12.7. The number of thiophene rings is 1. The minimum Gasteiger partial charge on any atom is -0.379 e. The molecule has 3 aromatic rings. The van der Waals surface area contributed by atoms with Crippen LogP contribution in [0.1, 0.15) is 17.3 Å². The summed E-state index contributed by atoms with van der Waals surface area (Å²) in [6.07, 6.45) is 2.92. The minimum atomic E-state index is 0. The Morgan fingerprint density at radius 2 is 2.03 bits per heavy atom. The number of fused-ring (bicyclic) bond motifs is 1. The summed E-state index contributed by atoms with van der Waals surface area (Å²) in [5.74, 6) is 0.848. The molecule has 7 nitrogen and oxygen atoms in total. The van der Waals surface area contributed by atoms with Crippen molar-refractivity contribution in [3.8, 4) is 0 Å². The van der Waals surface area contributed by atoms with E-state index in [-0.39, 0.29) is 24.0 Å². The van der Waals surface area contributed by atoms with Crippen LogP contribution < -0.4 is 10.6 Å². The Balaban J connectivity index is 0.00000272. The zero-order valence-electron chi connectivity index (χ0n) is 17.9.